The highest BCUT2D eigenvalue weighted by atomic mass is 35.5. The molecule has 5 aliphatic rings. The average molecular weight is 641 g/mol. The van der Waals surface area contributed by atoms with E-state index in [1.54, 1.807) is 13.2 Å². The fraction of sp³-hybridized carbons (Fsp3) is 0.600. The van der Waals surface area contributed by atoms with Crippen LogP contribution >= 0.6 is 11.6 Å². The second-order valence-corrected chi connectivity index (χ2v) is 16.3. The third kappa shape index (κ3) is 5.70. The fourth-order valence-electron chi connectivity index (χ4n) is 8.55. The summed E-state index contributed by atoms with van der Waals surface area (Å²) in [4.78, 5) is 2.45. The van der Waals surface area contributed by atoms with Gasteiger partial charge in [-0.15, -0.1) is 0 Å². The van der Waals surface area contributed by atoms with Gasteiger partial charge in [0.1, 0.15) is 12.0 Å². The first-order chi connectivity index (χ1) is 21.2. The van der Waals surface area contributed by atoms with E-state index in [9.17, 15) is 13.5 Å². The van der Waals surface area contributed by atoms with Crippen LogP contribution in [0.15, 0.2) is 48.6 Å². The van der Waals surface area contributed by atoms with Crippen LogP contribution in [0.5, 0.6) is 5.75 Å². The van der Waals surface area contributed by atoms with Crippen LogP contribution in [0.4, 0.5) is 5.69 Å². The Morgan fingerprint density at radius 2 is 1.93 bits per heavy atom. The molecule has 9 heteroatoms. The van der Waals surface area contributed by atoms with Crippen LogP contribution in [0.2, 0.25) is 5.02 Å². The number of hydrogen-bond donors (Lipinski definition) is 2. The molecule has 0 amide bonds. The summed E-state index contributed by atoms with van der Waals surface area (Å²) in [6.45, 7) is 4.18. The number of aryl methyl sites for hydroxylation is 1. The number of sulfonamides is 1. The first-order valence-corrected chi connectivity index (χ1v) is 18.3. The lowest BCUT2D eigenvalue weighted by Crippen LogP contribution is -2.49. The molecule has 238 valence electrons. The van der Waals surface area contributed by atoms with Gasteiger partial charge < -0.3 is 19.5 Å². The molecule has 3 aliphatic carbocycles. The van der Waals surface area contributed by atoms with Crippen LogP contribution in [-0.4, -0.2) is 51.7 Å². The molecule has 7 rings (SSSR count). The van der Waals surface area contributed by atoms with E-state index >= 15 is 0 Å². The molecule has 2 aromatic rings. The SMILES string of the molecule is CO[C@H]1/C=C/C[C@H](C)[C@H](C2CC2)S(=O)(=O)NC(O)c2ccc3c(c2)N(C[C@@H]2CC[C@H]21)C[C@@]1(CCCc2cc(Cl)ccc21)CO3. The Morgan fingerprint density at radius 3 is 2.68 bits per heavy atom. The molecule has 7 nitrogen and oxygen atoms in total. The van der Waals surface area contributed by atoms with Crippen LogP contribution < -0.4 is 14.4 Å². The fourth-order valence-corrected chi connectivity index (χ4v) is 10.8. The van der Waals surface area contributed by atoms with Gasteiger partial charge in [0.2, 0.25) is 10.0 Å². The molecule has 44 heavy (non-hydrogen) atoms. The highest BCUT2D eigenvalue weighted by Crippen LogP contribution is 2.47. The summed E-state index contributed by atoms with van der Waals surface area (Å²) >= 11 is 6.43. The van der Waals surface area contributed by atoms with Crippen LogP contribution in [0.1, 0.15) is 74.8 Å². The van der Waals surface area contributed by atoms with Gasteiger partial charge in [0.15, 0.2) is 0 Å². The maximum absolute atomic E-state index is 13.7. The Kier molecular flexibility index (Phi) is 8.28. The number of rotatable bonds is 2. The van der Waals surface area contributed by atoms with Gasteiger partial charge in [-0.05, 0) is 116 Å². The predicted octanol–water partition coefficient (Wildman–Crippen LogP) is 6.14. The van der Waals surface area contributed by atoms with Crippen molar-refractivity contribution in [3.63, 3.8) is 0 Å². The van der Waals surface area contributed by atoms with Crippen LogP contribution in [0.3, 0.4) is 0 Å². The summed E-state index contributed by atoms with van der Waals surface area (Å²) in [5, 5.41) is 11.6. The standard InChI is InChI=1S/C35H45ClN2O5S/c1-22-5-3-7-31(42-2)28-13-10-26(28)19-38-20-35(16-4-6-24-17-27(36)12-14-29(24)35)21-43-32-15-11-25(18-30(32)38)34(39)37-44(40,41)33(22)23-8-9-23/h3,7,11-12,14-15,17-18,22-23,26,28,31,33-34,37,39H,4-6,8-10,13,16,19-21H2,1-2H3/b7-3+/t22-,26-,28+,31-,33+,34?,35-/m0/s1. The van der Waals surface area contributed by atoms with E-state index in [0.717, 1.165) is 74.5 Å². The largest absolute Gasteiger partial charge is 0.490 e. The van der Waals surface area contributed by atoms with E-state index in [-0.39, 0.29) is 23.4 Å². The molecule has 0 aromatic heterocycles. The molecule has 2 N–H and O–H groups in total. The summed E-state index contributed by atoms with van der Waals surface area (Å²) in [5.41, 5.74) is 3.84. The minimum Gasteiger partial charge on any atom is -0.490 e. The Labute approximate surface area is 267 Å². The van der Waals surface area contributed by atoms with Gasteiger partial charge >= 0.3 is 0 Å². The third-order valence-electron chi connectivity index (χ3n) is 11.1. The number of ether oxygens (including phenoxy) is 2. The van der Waals surface area contributed by atoms with Crippen molar-refractivity contribution in [2.24, 2.45) is 23.7 Å². The number of anilines is 1. The lowest BCUT2D eigenvalue weighted by molar-refractivity contribution is 0.0131. The molecular formula is C35H45ClN2O5S. The third-order valence-corrected chi connectivity index (χ3v) is 13.5. The quantitative estimate of drug-likeness (QED) is 0.384. The molecule has 1 spiro atoms. The summed E-state index contributed by atoms with van der Waals surface area (Å²) < 4.78 is 42.8. The molecule has 2 aromatic carbocycles. The predicted molar refractivity (Wildman–Crippen MR) is 174 cm³/mol. The molecule has 2 fully saturated rings. The Balaban J connectivity index is 1.30. The number of fused-ring (bicyclic) bond motifs is 4. The molecule has 0 saturated heterocycles. The smallest absolute Gasteiger partial charge is 0.217 e. The number of hydrogen-bond acceptors (Lipinski definition) is 6. The number of allylic oxidation sites excluding steroid dienone is 1. The van der Waals surface area contributed by atoms with Crippen molar-refractivity contribution in [1.82, 2.24) is 4.72 Å². The van der Waals surface area contributed by atoms with E-state index < -0.39 is 21.5 Å². The Bertz CT molecular complexity index is 1530. The number of aliphatic hydroxyl groups is 1. The zero-order chi connectivity index (χ0) is 30.6. The summed E-state index contributed by atoms with van der Waals surface area (Å²) in [5.74, 6) is 1.64. The summed E-state index contributed by atoms with van der Waals surface area (Å²) in [6, 6.07) is 11.9. The lowest BCUT2D eigenvalue weighted by Gasteiger charge is -2.46. The summed E-state index contributed by atoms with van der Waals surface area (Å²) in [6.07, 6.45) is 10.7. The van der Waals surface area contributed by atoms with Gasteiger partial charge in [0.25, 0.3) is 0 Å². The van der Waals surface area contributed by atoms with Crippen molar-refractivity contribution in [3.05, 3.63) is 70.3 Å². The van der Waals surface area contributed by atoms with Crippen molar-refractivity contribution in [2.75, 3.05) is 31.7 Å². The highest BCUT2D eigenvalue weighted by Gasteiger charge is 2.46. The van der Waals surface area contributed by atoms with Crippen LogP contribution in [0, 0.1) is 23.7 Å². The van der Waals surface area contributed by atoms with Gasteiger partial charge in [-0.1, -0.05) is 42.8 Å². The average Bonchev–Trinajstić information content (AvgIpc) is 3.82. The molecule has 0 radical (unpaired) electrons. The molecule has 1 unspecified atom stereocenters. The van der Waals surface area contributed by atoms with Gasteiger partial charge in [0, 0.05) is 30.6 Å². The second kappa shape index (κ2) is 11.9. The minimum atomic E-state index is -3.78. The lowest BCUT2D eigenvalue weighted by atomic mass is 9.68. The summed E-state index contributed by atoms with van der Waals surface area (Å²) in [7, 11) is -2.00. The second-order valence-electron chi connectivity index (χ2n) is 14.0. The highest BCUT2D eigenvalue weighted by molar-refractivity contribution is 7.90. The first kappa shape index (κ1) is 30.5. The number of methoxy groups -OCH3 is 1. The first-order valence-electron chi connectivity index (χ1n) is 16.4. The molecule has 2 heterocycles. The van der Waals surface area contributed by atoms with E-state index in [4.69, 9.17) is 21.1 Å². The maximum Gasteiger partial charge on any atom is 0.217 e. The molecule has 2 aliphatic heterocycles. The van der Waals surface area contributed by atoms with Crippen LogP contribution in [0.25, 0.3) is 0 Å². The van der Waals surface area contributed by atoms with Gasteiger partial charge in [-0.3, -0.25) is 0 Å². The topological polar surface area (TPSA) is 88.1 Å². The molecular weight excluding hydrogens is 596 g/mol. The number of benzene rings is 2. The molecule has 2 bridgehead atoms. The van der Waals surface area contributed by atoms with Crippen molar-refractivity contribution >= 4 is 27.3 Å². The minimum absolute atomic E-state index is 0.00896. The molecule has 7 atom stereocenters. The normalized spacial score (nSPS) is 35.9. The zero-order valence-electron chi connectivity index (χ0n) is 25.8. The Hall–Kier alpha value is -2.10. The van der Waals surface area contributed by atoms with Crippen molar-refractivity contribution < 1.29 is 23.0 Å². The van der Waals surface area contributed by atoms with Crippen LogP contribution in [-0.2, 0) is 26.6 Å². The number of nitrogens with one attached hydrogen (secondary N) is 1. The van der Waals surface area contributed by atoms with Gasteiger partial charge in [0.05, 0.1) is 23.6 Å². The number of nitrogens with zero attached hydrogens (tertiary/aromatic N) is 1. The van der Waals surface area contributed by atoms with Crippen molar-refractivity contribution in [3.8, 4) is 5.75 Å². The van der Waals surface area contributed by atoms with E-state index in [1.165, 1.54) is 11.1 Å². The maximum atomic E-state index is 13.7. The van der Waals surface area contributed by atoms with Crippen molar-refractivity contribution in [1.29, 1.82) is 0 Å². The number of halogens is 1. The van der Waals surface area contributed by atoms with E-state index in [2.05, 4.69) is 33.9 Å². The van der Waals surface area contributed by atoms with Gasteiger partial charge in [-0.2, -0.15) is 4.72 Å². The Morgan fingerprint density at radius 1 is 1.11 bits per heavy atom. The van der Waals surface area contributed by atoms with Crippen molar-refractivity contribution in [2.45, 2.75) is 81.3 Å². The number of aliphatic hydroxyl groups excluding tert-OH is 1. The molecule has 2 saturated carbocycles. The monoisotopic (exact) mass is 640 g/mol. The van der Waals surface area contributed by atoms with E-state index in [1.807, 2.05) is 25.1 Å². The van der Waals surface area contributed by atoms with Gasteiger partial charge in [-0.25, -0.2) is 8.42 Å². The van der Waals surface area contributed by atoms with E-state index in [0.29, 0.717) is 30.4 Å². The zero-order valence-corrected chi connectivity index (χ0v) is 27.3.